The lowest BCUT2D eigenvalue weighted by Gasteiger charge is -2.19. The standard InChI is InChI=1S/C14H18F3N3/c1-3-18-10(9-14(15,16)17)8-13-19-11-6-4-5-7-12(11)20(13)2/h4-7,10,18H,3,8-9H2,1-2H3. The van der Waals surface area contributed by atoms with Gasteiger partial charge in [-0.2, -0.15) is 13.2 Å². The number of aryl methyl sites for hydroxylation is 1. The molecule has 0 aliphatic heterocycles. The van der Waals surface area contributed by atoms with Crippen molar-refractivity contribution < 1.29 is 13.2 Å². The van der Waals surface area contributed by atoms with E-state index in [2.05, 4.69) is 10.3 Å². The highest BCUT2D eigenvalue weighted by atomic mass is 19.4. The van der Waals surface area contributed by atoms with Crippen molar-refractivity contribution in [1.29, 1.82) is 0 Å². The van der Waals surface area contributed by atoms with Crippen molar-refractivity contribution >= 4 is 11.0 Å². The second kappa shape index (κ2) is 5.83. The fourth-order valence-corrected chi connectivity index (χ4v) is 2.38. The average Bonchev–Trinajstić information content (AvgIpc) is 2.65. The van der Waals surface area contributed by atoms with Gasteiger partial charge >= 0.3 is 6.18 Å². The lowest BCUT2D eigenvalue weighted by molar-refractivity contribution is -0.139. The number of rotatable bonds is 5. The van der Waals surface area contributed by atoms with Gasteiger partial charge in [0.1, 0.15) is 5.82 Å². The van der Waals surface area contributed by atoms with E-state index >= 15 is 0 Å². The van der Waals surface area contributed by atoms with Crippen LogP contribution in [-0.2, 0) is 13.5 Å². The number of fused-ring (bicyclic) bond motifs is 1. The van der Waals surface area contributed by atoms with Crippen molar-refractivity contribution in [2.75, 3.05) is 6.54 Å². The van der Waals surface area contributed by atoms with Gasteiger partial charge in [-0.1, -0.05) is 19.1 Å². The molecule has 1 aromatic heterocycles. The maximum atomic E-state index is 12.6. The van der Waals surface area contributed by atoms with Crippen LogP contribution in [0.4, 0.5) is 13.2 Å². The Morgan fingerprint density at radius 3 is 2.60 bits per heavy atom. The molecule has 0 aliphatic rings. The lowest BCUT2D eigenvalue weighted by atomic mass is 10.1. The van der Waals surface area contributed by atoms with Crippen LogP contribution in [0.15, 0.2) is 24.3 Å². The molecular formula is C14H18F3N3. The highest BCUT2D eigenvalue weighted by molar-refractivity contribution is 5.75. The van der Waals surface area contributed by atoms with Crippen LogP contribution in [0, 0.1) is 0 Å². The Bertz CT molecular complexity index is 575. The summed E-state index contributed by atoms with van der Waals surface area (Å²) in [6.07, 6.45) is -4.75. The van der Waals surface area contributed by atoms with Crippen LogP contribution in [0.25, 0.3) is 11.0 Å². The van der Waals surface area contributed by atoms with E-state index in [0.717, 1.165) is 11.0 Å². The molecule has 1 aromatic carbocycles. The van der Waals surface area contributed by atoms with Gasteiger partial charge in [0.15, 0.2) is 0 Å². The van der Waals surface area contributed by atoms with Crippen molar-refractivity contribution in [3.8, 4) is 0 Å². The normalized spacial score (nSPS) is 13.8. The zero-order valence-corrected chi connectivity index (χ0v) is 11.5. The minimum atomic E-state index is -4.17. The molecule has 0 amide bonds. The molecule has 6 heteroatoms. The van der Waals surface area contributed by atoms with E-state index in [1.165, 1.54) is 0 Å². The molecule has 1 unspecified atom stereocenters. The van der Waals surface area contributed by atoms with Crippen LogP contribution in [0.5, 0.6) is 0 Å². The van der Waals surface area contributed by atoms with E-state index in [1.54, 1.807) is 6.92 Å². The SMILES string of the molecule is CCNC(Cc1nc2ccccc2n1C)CC(F)(F)F. The first-order valence-electron chi connectivity index (χ1n) is 6.61. The van der Waals surface area contributed by atoms with E-state index in [1.807, 2.05) is 35.9 Å². The molecule has 0 aliphatic carbocycles. The van der Waals surface area contributed by atoms with Gasteiger partial charge in [-0.15, -0.1) is 0 Å². The van der Waals surface area contributed by atoms with Gasteiger partial charge in [0.25, 0.3) is 0 Å². The molecule has 0 saturated carbocycles. The second-order valence-electron chi connectivity index (χ2n) is 4.85. The third-order valence-electron chi connectivity index (χ3n) is 3.28. The fourth-order valence-electron chi connectivity index (χ4n) is 2.38. The molecule has 20 heavy (non-hydrogen) atoms. The number of nitrogens with zero attached hydrogens (tertiary/aromatic N) is 2. The molecule has 110 valence electrons. The number of halogens is 3. The Balaban J connectivity index is 2.22. The second-order valence-corrected chi connectivity index (χ2v) is 4.85. The lowest BCUT2D eigenvalue weighted by Crippen LogP contribution is -2.36. The van der Waals surface area contributed by atoms with Gasteiger partial charge in [0.05, 0.1) is 17.5 Å². The predicted molar refractivity (Wildman–Crippen MR) is 72.6 cm³/mol. The van der Waals surface area contributed by atoms with Gasteiger partial charge in [0.2, 0.25) is 0 Å². The zero-order chi connectivity index (χ0) is 14.8. The molecule has 1 atom stereocenters. The number of nitrogens with one attached hydrogen (secondary N) is 1. The summed E-state index contributed by atoms with van der Waals surface area (Å²) >= 11 is 0. The monoisotopic (exact) mass is 285 g/mol. The van der Waals surface area contributed by atoms with Crippen LogP contribution in [0.2, 0.25) is 0 Å². The summed E-state index contributed by atoms with van der Waals surface area (Å²) < 4.78 is 39.6. The first-order chi connectivity index (χ1) is 9.40. The Hall–Kier alpha value is -1.56. The Kier molecular flexibility index (Phi) is 4.32. The summed E-state index contributed by atoms with van der Waals surface area (Å²) in [4.78, 5) is 4.42. The number of alkyl halides is 3. The van der Waals surface area contributed by atoms with Crippen molar-refractivity contribution in [2.24, 2.45) is 7.05 Å². The number of aromatic nitrogens is 2. The quantitative estimate of drug-likeness (QED) is 0.915. The van der Waals surface area contributed by atoms with Gasteiger partial charge in [-0.25, -0.2) is 4.98 Å². The molecule has 0 saturated heterocycles. The first-order valence-corrected chi connectivity index (χ1v) is 6.61. The van der Waals surface area contributed by atoms with Gasteiger partial charge in [0, 0.05) is 19.5 Å². The van der Waals surface area contributed by atoms with Crippen LogP contribution in [0.1, 0.15) is 19.2 Å². The summed E-state index contributed by atoms with van der Waals surface area (Å²) in [5, 5.41) is 2.89. The number of imidazole rings is 1. The summed E-state index contributed by atoms with van der Waals surface area (Å²) in [7, 11) is 1.83. The van der Waals surface area contributed by atoms with E-state index in [9.17, 15) is 13.2 Å². The van der Waals surface area contributed by atoms with Crippen molar-refractivity contribution in [1.82, 2.24) is 14.9 Å². The highest BCUT2D eigenvalue weighted by Gasteiger charge is 2.32. The van der Waals surface area contributed by atoms with Crippen LogP contribution in [0.3, 0.4) is 0 Å². The molecule has 0 radical (unpaired) electrons. The van der Waals surface area contributed by atoms with E-state index in [-0.39, 0.29) is 6.42 Å². The smallest absolute Gasteiger partial charge is 0.331 e. The van der Waals surface area contributed by atoms with Gasteiger partial charge in [-0.05, 0) is 18.7 Å². The fraction of sp³-hybridized carbons (Fsp3) is 0.500. The van der Waals surface area contributed by atoms with E-state index in [0.29, 0.717) is 12.4 Å². The van der Waals surface area contributed by atoms with Crippen LogP contribution in [-0.4, -0.2) is 28.3 Å². The molecular weight excluding hydrogens is 267 g/mol. The van der Waals surface area contributed by atoms with Gasteiger partial charge < -0.3 is 9.88 Å². The average molecular weight is 285 g/mol. The number of hydrogen-bond donors (Lipinski definition) is 1. The number of para-hydroxylation sites is 2. The highest BCUT2D eigenvalue weighted by Crippen LogP contribution is 2.24. The molecule has 1 heterocycles. The number of hydrogen-bond acceptors (Lipinski definition) is 2. The third kappa shape index (κ3) is 3.50. The Labute approximate surface area is 115 Å². The molecule has 2 aromatic rings. The first kappa shape index (κ1) is 14.8. The largest absolute Gasteiger partial charge is 0.390 e. The molecule has 2 rings (SSSR count). The maximum absolute atomic E-state index is 12.6. The molecule has 1 N–H and O–H groups in total. The number of benzene rings is 1. The van der Waals surface area contributed by atoms with Gasteiger partial charge in [-0.3, -0.25) is 0 Å². The summed E-state index contributed by atoms with van der Waals surface area (Å²) in [6.45, 7) is 2.31. The minimum Gasteiger partial charge on any atom is -0.331 e. The zero-order valence-electron chi connectivity index (χ0n) is 11.5. The molecule has 0 bridgehead atoms. The topological polar surface area (TPSA) is 29.9 Å². The summed E-state index contributed by atoms with van der Waals surface area (Å²) in [5.74, 6) is 0.668. The van der Waals surface area contributed by atoms with Crippen molar-refractivity contribution in [2.45, 2.75) is 32.0 Å². The van der Waals surface area contributed by atoms with Crippen molar-refractivity contribution in [3.05, 3.63) is 30.1 Å². The Morgan fingerprint density at radius 2 is 2.00 bits per heavy atom. The summed E-state index contributed by atoms with van der Waals surface area (Å²) in [6, 6.07) is 6.90. The molecule has 3 nitrogen and oxygen atoms in total. The minimum absolute atomic E-state index is 0.262. The van der Waals surface area contributed by atoms with E-state index < -0.39 is 18.6 Å². The Morgan fingerprint density at radius 1 is 1.30 bits per heavy atom. The van der Waals surface area contributed by atoms with Crippen LogP contribution < -0.4 is 5.32 Å². The maximum Gasteiger partial charge on any atom is 0.390 e. The molecule has 0 spiro atoms. The summed E-state index contributed by atoms with van der Waals surface area (Å²) in [5.41, 5.74) is 1.75. The van der Waals surface area contributed by atoms with Crippen molar-refractivity contribution in [3.63, 3.8) is 0 Å². The third-order valence-corrected chi connectivity index (χ3v) is 3.28. The number of likely N-dealkylation sites (N-methyl/N-ethyl adjacent to an activating group) is 1. The van der Waals surface area contributed by atoms with Crippen LogP contribution >= 0.6 is 0 Å². The predicted octanol–water partition coefficient (Wildman–Crippen LogP) is 3.05. The van der Waals surface area contributed by atoms with E-state index in [4.69, 9.17) is 0 Å². The molecule has 0 fully saturated rings.